The maximum Gasteiger partial charge on any atom is 0.330 e. The quantitative estimate of drug-likeness (QED) is 0.538. The molecule has 0 aliphatic rings. The van der Waals surface area contributed by atoms with Gasteiger partial charge in [-0.25, -0.2) is 4.79 Å². The van der Waals surface area contributed by atoms with Crippen molar-refractivity contribution in [1.82, 2.24) is 4.98 Å². The Bertz CT molecular complexity index is 285. The summed E-state index contributed by atoms with van der Waals surface area (Å²) in [5, 5.41) is 0. The average molecular weight is 200 g/mol. The number of hydrogen-bond donors (Lipinski definition) is 0. The third-order valence-electron chi connectivity index (χ3n) is 1.28. The van der Waals surface area contributed by atoms with Gasteiger partial charge in [0.15, 0.2) is 0 Å². The smallest absolute Gasteiger partial charge is 0.330 e. The van der Waals surface area contributed by atoms with Crippen molar-refractivity contribution in [3.8, 4) is 0 Å². The molecule has 0 N–H and O–H groups in total. The van der Waals surface area contributed by atoms with Crippen LogP contribution in [0.25, 0.3) is 6.08 Å². The molecule has 0 saturated carbocycles. The van der Waals surface area contributed by atoms with E-state index in [0.29, 0.717) is 0 Å². The Kier molecular flexibility index (Phi) is 5.55. The van der Waals surface area contributed by atoms with Gasteiger partial charge in [-0.1, -0.05) is 6.07 Å². The Balaban J connectivity index is 0.00000144. The van der Waals surface area contributed by atoms with Crippen LogP contribution in [-0.4, -0.2) is 18.1 Å². The highest BCUT2D eigenvalue weighted by molar-refractivity contribution is 5.86. The van der Waals surface area contributed by atoms with Crippen LogP contribution in [-0.2, 0) is 9.53 Å². The molecular weight excluding hydrogens is 190 g/mol. The van der Waals surface area contributed by atoms with Crippen molar-refractivity contribution in [1.29, 1.82) is 0 Å². The first-order valence-electron chi connectivity index (χ1n) is 3.50. The van der Waals surface area contributed by atoms with Crippen molar-refractivity contribution in [3.63, 3.8) is 0 Å². The summed E-state index contributed by atoms with van der Waals surface area (Å²) in [6.45, 7) is 0. The highest BCUT2D eigenvalue weighted by Crippen LogP contribution is 1.95. The number of carbonyl (C=O) groups is 1. The summed E-state index contributed by atoms with van der Waals surface area (Å²) in [7, 11) is 1.34. The molecule has 1 aromatic rings. The molecular formula is C9H10ClNO2. The van der Waals surface area contributed by atoms with E-state index in [4.69, 9.17) is 0 Å². The Morgan fingerprint density at radius 2 is 2.31 bits per heavy atom. The zero-order valence-electron chi connectivity index (χ0n) is 7.14. The Labute approximate surface area is 82.8 Å². The molecule has 3 nitrogen and oxygen atoms in total. The van der Waals surface area contributed by atoms with Gasteiger partial charge in [-0.3, -0.25) is 4.98 Å². The summed E-state index contributed by atoms with van der Waals surface area (Å²) in [5.74, 6) is -0.374. The average Bonchev–Trinajstić information content (AvgIpc) is 2.16. The predicted octanol–water partition coefficient (Wildman–Crippen LogP) is 1.69. The molecule has 0 aliphatic heterocycles. The molecule has 0 fully saturated rings. The van der Waals surface area contributed by atoms with Gasteiger partial charge in [0.05, 0.1) is 12.8 Å². The fraction of sp³-hybridized carbons (Fsp3) is 0.111. The number of ether oxygens (including phenoxy) is 1. The van der Waals surface area contributed by atoms with Crippen molar-refractivity contribution >= 4 is 24.5 Å². The third-order valence-corrected chi connectivity index (χ3v) is 1.28. The van der Waals surface area contributed by atoms with Crippen molar-refractivity contribution in [2.75, 3.05) is 7.11 Å². The highest BCUT2D eigenvalue weighted by Gasteiger charge is 1.90. The van der Waals surface area contributed by atoms with Gasteiger partial charge in [0.1, 0.15) is 0 Å². The molecule has 0 spiro atoms. The van der Waals surface area contributed by atoms with Gasteiger partial charge in [0.25, 0.3) is 0 Å². The first kappa shape index (κ1) is 11.6. The molecule has 1 rings (SSSR count). The van der Waals surface area contributed by atoms with Crippen LogP contribution in [0.1, 0.15) is 5.69 Å². The zero-order chi connectivity index (χ0) is 8.81. The number of methoxy groups -OCH3 is 1. The molecule has 4 heteroatoms. The van der Waals surface area contributed by atoms with Gasteiger partial charge in [0, 0.05) is 12.3 Å². The fourth-order valence-corrected chi connectivity index (χ4v) is 0.696. The monoisotopic (exact) mass is 199 g/mol. The van der Waals surface area contributed by atoms with Gasteiger partial charge in [-0.15, -0.1) is 12.4 Å². The lowest BCUT2D eigenvalue weighted by atomic mass is 10.3. The number of hydrogen-bond acceptors (Lipinski definition) is 3. The maximum atomic E-state index is 10.6. The number of pyridine rings is 1. The van der Waals surface area contributed by atoms with E-state index in [1.54, 1.807) is 18.3 Å². The number of halogens is 1. The summed E-state index contributed by atoms with van der Waals surface area (Å²) < 4.78 is 4.42. The molecule has 1 heterocycles. The van der Waals surface area contributed by atoms with Crippen molar-refractivity contribution in [3.05, 3.63) is 36.2 Å². The number of rotatable bonds is 2. The zero-order valence-corrected chi connectivity index (χ0v) is 7.95. The molecule has 0 amide bonds. The molecule has 0 saturated heterocycles. The molecule has 13 heavy (non-hydrogen) atoms. The number of esters is 1. The molecule has 0 unspecified atom stereocenters. The fourth-order valence-electron chi connectivity index (χ4n) is 0.696. The number of nitrogens with zero attached hydrogens (tertiary/aromatic N) is 1. The van der Waals surface area contributed by atoms with E-state index in [1.807, 2.05) is 12.1 Å². The van der Waals surface area contributed by atoms with Gasteiger partial charge >= 0.3 is 5.97 Å². The van der Waals surface area contributed by atoms with Gasteiger partial charge in [0.2, 0.25) is 0 Å². The first-order chi connectivity index (χ1) is 5.83. The van der Waals surface area contributed by atoms with Crippen LogP contribution in [0.2, 0.25) is 0 Å². The predicted molar refractivity (Wildman–Crippen MR) is 52.5 cm³/mol. The summed E-state index contributed by atoms with van der Waals surface area (Å²) in [6.07, 6.45) is 4.60. The minimum Gasteiger partial charge on any atom is -0.466 e. The lowest BCUT2D eigenvalue weighted by Crippen LogP contribution is -1.93. The SMILES string of the molecule is COC(=O)/C=C/c1ccccn1.Cl. The second-order valence-corrected chi connectivity index (χ2v) is 2.11. The van der Waals surface area contributed by atoms with Crippen LogP contribution >= 0.6 is 12.4 Å². The van der Waals surface area contributed by atoms with Gasteiger partial charge in [-0.05, 0) is 18.2 Å². The van der Waals surface area contributed by atoms with E-state index >= 15 is 0 Å². The maximum absolute atomic E-state index is 10.6. The van der Waals surface area contributed by atoms with Crippen molar-refractivity contribution in [2.45, 2.75) is 0 Å². The third kappa shape index (κ3) is 4.28. The highest BCUT2D eigenvalue weighted by atomic mass is 35.5. The first-order valence-corrected chi connectivity index (χ1v) is 3.50. The molecule has 0 aliphatic carbocycles. The second-order valence-electron chi connectivity index (χ2n) is 2.11. The van der Waals surface area contributed by atoms with E-state index in [2.05, 4.69) is 9.72 Å². The lowest BCUT2D eigenvalue weighted by molar-refractivity contribution is -0.134. The minimum absolute atomic E-state index is 0. The summed E-state index contributed by atoms with van der Waals surface area (Å²) in [6, 6.07) is 5.47. The number of aromatic nitrogens is 1. The molecule has 0 bridgehead atoms. The van der Waals surface area contributed by atoms with E-state index < -0.39 is 0 Å². The van der Waals surface area contributed by atoms with E-state index in [1.165, 1.54) is 13.2 Å². The number of carbonyl (C=O) groups excluding carboxylic acids is 1. The lowest BCUT2D eigenvalue weighted by Gasteiger charge is -1.90. The van der Waals surface area contributed by atoms with Crippen LogP contribution < -0.4 is 0 Å². The van der Waals surface area contributed by atoms with Crippen molar-refractivity contribution < 1.29 is 9.53 Å². The van der Waals surface area contributed by atoms with Crippen molar-refractivity contribution in [2.24, 2.45) is 0 Å². The summed E-state index contributed by atoms with van der Waals surface area (Å²) in [4.78, 5) is 14.6. The Morgan fingerprint density at radius 1 is 1.54 bits per heavy atom. The second kappa shape index (κ2) is 6.20. The largest absolute Gasteiger partial charge is 0.466 e. The molecule has 70 valence electrons. The van der Waals surface area contributed by atoms with Crippen LogP contribution in [0.5, 0.6) is 0 Å². The van der Waals surface area contributed by atoms with E-state index in [-0.39, 0.29) is 18.4 Å². The Hall–Kier alpha value is -1.35. The topological polar surface area (TPSA) is 39.2 Å². The standard InChI is InChI=1S/C9H9NO2.ClH/c1-12-9(11)6-5-8-4-2-3-7-10-8;/h2-7H,1H3;1H/b6-5+;. The van der Waals surface area contributed by atoms with Crippen LogP contribution in [0.15, 0.2) is 30.5 Å². The molecule has 0 atom stereocenters. The Morgan fingerprint density at radius 3 is 2.85 bits per heavy atom. The van der Waals surface area contributed by atoms with Crippen LogP contribution in [0.4, 0.5) is 0 Å². The summed E-state index contributed by atoms with van der Waals surface area (Å²) >= 11 is 0. The molecule has 0 aromatic carbocycles. The molecule has 1 aromatic heterocycles. The van der Waals surface area contributed by atoms with Crippen LogP contribution in [0, 0.1) is 0 Å². The van der Waals surface area contributed by atoms with E-state index in [0.717, 1.165) is 5.69 Å². The van der Waals surface area contributed by atoms with E-state index in [9.17, 15) is 4.79 Å². The van der Waals surface area contributed by atoms with Gasteiger partial charge in [-0.2, -0.15) is 0 Å². The minimum atomic E-state index is -0.374. The normalized spacial score (nSPS) is 9.31. The van der Waals surface area contributed by atoms with Gasteiger partial charge < -0.3 is 4.74 Å². The summed E-state index contributed by atoms with van der Waals surface area (Å²) in [5.41, 5.74) is 0.739. The molecule has 0 radical (unpaired) electrons. The van der Waals surface area contributed by atoms with Crippen LogP contribution in [0.3, 0.4) is 0 Å².